The van der Waals surface area contributed by atoms with Gasteiger partial charge in [0.1, 0.15) is 21.8 Å². The number of thioether (sulfide) groups is 1. The molecule has 3 aromatic rings. The summed E-state index contributed by atoms with van der Waals surface area (Å²) in [7, 11) is 0. The molecule has 0 saturated carbocycles. The Kier molecular flexibility index (Phi) is 7.44. The van der Waals surface area contributed by atoms with Crippen molar-refractivity contribution in [2.24, 2.45) is 5.92 Å². The second-order valence-corrected chi connectivity index (χ2v) is 12.7. The van der Waals surface area contributed by atoms with Crippen LogP contribution < -0.4 is 25.6 Å². The predicted molar refractivity (Wildman–Crippen MR) is 164 cm³/mol. The summed E-state index contributed by atoms with van der Waals surface area (Å²) in [5.74, 6) is 1.47. The number of pyridine rings is 1. The quantitative estimate of drug-likeness (QED) is 0.388. The number of aryl methyl sites for hydroxylation is 1. The van der Waals surface area contributed by atoms with E-state index in [1.807, 2.05) is 66.4 Å². The zero-order valence-corrected chi connectivity index (χ0v) is 24.7. The smallest absolute Gasteiger partial charge is 0.327 e. The number of likely N-dealkylation sites (tertiary alicyclic amines) is 1. The molecular weight excluding hydrogens is 564 g/mol. The molecule has 10 nitrogen and oxygen atoms in total. The number of nitrogens with one attached hydrogen (secondary N) is 3. The van der Waals surface area contributed by atoms with Crippen LogP contribution in [0.15, 0.2) is 65.8 Å². The van der Waals surface area contributed by atoms with Gasteiger partial charge in [0, 0.05) is 37.4 Å². The molecule has 0 spiro atoms. The maximum Gasteiger partial charge on any atom is 0.327 e. The molecule has 7 rings (SSSR count). The molecule has 222 valence electrons. The van der Waals surface area contributed by atoms with E-state index in [9.17, 15) is 14.4 Å². The Labute approximate surface area is 254 Å². The number of piperidine rings is 1. The maximum atomic E-state index is 13.7. The van der Waals surface area contributed by atoms with Gasteiger partial charge in [0.15, 0.2) is 0 Å². The highest BCUT2D eigenvalue weighted by Gasteiger charge is 2.47. The van der Waals surface area contributed by atoms with Crippen LogP contribution in [0.4, 0.5) is 16.2 Å². The van der Waals surface area contributed by atoms with E-state index in [1.165, 1.54) is 11.8 Å². The number of hydrogen-bond acceptors (Lipinski definition) is 7. The first kappa shape index (κ1) is 27.7. The lowest BCUT2D eigenvalue weighted by Gasteiger charge is -2.36. The lowest BCUT2D eigenvalue weighted by atomic mass is 9.98. The maximum absolute atomic E-state index is 13.7. The summed E-state index contributed by atoms with van der Waals surface area (Å²) in [6, 6.07) is 16.1. The number of carbonyl (C=O) groups is 3. The molecule has 2 saturated heterocycles. The third-order valence-corrected chi connectivity index (χ3v) is 9.93. The van der Waals surface area contributed by atoms with Crippen LogP contribution in [0.2, 0.25) is 0 Å². The highest BCUT2D eigenvalue weighted by atomic mass is 32.2. The fourth-order valence-corrected chi connectivity index (χ4v) is 7.77. The van der Waals surface area contributed by atoms with Gasteiger partial charge in [-0.1, -0.05) is 30.0 Å². The average Bonchev–Trinajstić information content (AvgIpc) is 3.68. The van der Waals surface area contributed by atoms with Gasteiger partial charge < -0.3 is 25.6 Å². The van der Waals surface area contributed by atoms with Crippen molar-refractivity contribution in [3.8, 4) is 11.5 Å². The van der Waals surface area contributed by atoms with Gasteiger partial charge in [-0.25, -0.2) is 9.78 Å². The summed E-state index contributed by atoms with van der Waals surface area (Å²) >= 11 is 1.38. The van der Waals surface area contributed by atoms with Gasteiger partial charge in [0.25, 0.3) is 0 Å². The molecule has 5 heterocycles. The molecule has 0 aliphatic carbocycles. The van der Waals surface area contributed by atoms with Crippen molar-refractivity contribution in [1.82, 2.24) is 25.8 Å². The minimum atomic E-state index is -0.553. The first-order valence-corrected chi connectivity index (χ1v) is 15.7. The number of benzene rings is 2. The molecule has 2 aromatic carbocycles. The number of urea groups is 1. The van der Waals surface area contributed by atoms with Crippen LogP contribution in [0.1, 0.15) is 36.4 Å². The third-order valence-electron chi connectivity index (χ3n) is 8.64. The van der Waals surface area contributed by atoms with Crippen LogP contribution in [-0.2, 0) is 9.59 Å². The van der Waals surface area contributed by atoms with Gasteiger partial charge in [-0.3, -0.25) is 14.5 Å². The fraction of sp³-hybridized carbons (Fsp3) is 0.375. The van der Waals surface area contributed by atoms with Crippen LogP contribution in [0, 0.1) is 12.8 Å². The first-order valence-electron chi connectivity index (χ1n) is 14.9. The number of rotatable bonds is 6. The molecule has 2 unspecified atom stereocenters. The Morgan fingerprint density at radius 3 is 2.72 bits per heavy atom. The number of para-hydroxylation sites is 1. The van der Waals surface area contributed by atoms with Gasteiger partial charge in [-0.05, 0) is 74.7 Å². The summed E-state index contributed by atoms with van der Waals surface area (Å²) in [5, 5.41) is 9.75. The fourth-order valence-electron chi connectivity index (χ4n) is 6.53. The van der Waals surface area contributed by atoms with Crippen LogP contribution in [0.25, 0.3) is 0 Å². The highest BCUT2D eigenvalue weighted by molar-refractivity contribution is 8.01. The van der Waals surface area contributed by atoms with E-state index in [4.69, 9.17) is 4.74 Å². The van der Waals surface area contributed by atoms with Gasteiger partial charge in [-0.15, -0.1) is 0 Å². The van der Waals surface area contributed by atoms with Crippen molar-refractivity contribution in [3.63, 3.8) is 0 Å². The minimum Gasteiger partial charge on any atom is -0.457 e. The van der Waals surface area contributed by atoms with Gasteiger partial charge >= 0.3 is 6.03 Å². The molecule has 43 heavy (non-hydrogen) atoms. The topological polar surface area (TPSA) is 116 Å². The predicted octanol–water partition coefficient (Wildman–Crippen LogP) is 4.28. The zero-order valence-electron chi connectivity index (χ0n) is 23.9. The third kappa shape index (κ3) is 5.31. The molecule has 4 aliphatic heterocycles. The molecule has 4 aliphatic rings. The average molecular weight is 599 g/mol. The highest BCUT2D eigenvalue weighted by Crippen LogP contribution is 2.51. The summed E-state index contributed by atoms with van der Waals surface area (Å²) in [6.07, 6.45) is 4.22. The molecule has 0 bridgehead atoms. The van der Waals surface area contributed by atoms with Crippen LogP contribution >= 0.6 is 11.8 Å². The molecule has 3 N–H and O–H groups in total. The Morgan fingerprint density at radius 2 is 1.93 bits per heavy atom. The molecule has 1 aromatic heterocycles. The Hall–Kier alpha value is -4.09. The summed E-state index contributed by atoms with van der Waals surface area (Å²) in [6.45, 7) is 4.79. The number of nitrogens with zero attached hydrogens (tertiary/aromatic N) is 3. The van der Waals surface area contributed by atoms with E-state index >= 15 is 0 Å². The number of aromatic nitrogens is 1. The molecule has 2 fully saturated rings. The Bertz CT molecular complexity index is 1560. The van der Waals surface area contributed by atoms with E-state index in [-0.39, 0.29) is 29.8 Å². The first-order chi connectivity index (χ1) is 21.0. The minimum absolute atomic E-state index is 0.0236. The number of anilines is 2. The van der Waals surface area contributed by atoms with Crippen molar-refractivity contribution < 1.29 is 19.1 Å². The molecule has 4 atom stereocenters. The molecule has 0 radical (unpaired) electrons. The number of ether oxygens (including phenoxy) is 1. The molecule has 4 amide bonds. The largest absolute Gasteiger partial charge is 0.457 e. The summed E-state index contributed by atoms with van der Waals surface area (Å²) in [4.78, 5) is 48.4. The Balaban J connectivity index is 1.08. The van der Waals surface area contributed by atoms with Crippen LogP contribution in [0.3, 0.4) is 0 Å². The second-order valence-electron chi connectivity index (χ2n) is 11.5. The van der Waals surface area contributed by atoms with E-state index < -0.39 is 11.3 Å². The standard InChI is InChI=1S/C32H34N6O4S/c1-19-16-23(42-22-7-3-2-4-8-22)9-10-24(19)38-25-12-14-34-30-26(25)27(36-32(38)41)28(43-30)29(39)35-21-6-5-15-37(18-21)31(40)20-11-13-33-17-20/h2-4,7-10,12,14,16,20-21,27-28,33H,5-6,11,13,15,17-18H2,1H3,(H,35,39)(H,36,41)/t20-,21+,27?,28?/m0/s1. The lowest BCUT2D eigenvalue weighted by Crippen LogP contribution is -2.54. The van der Waals surface area contributed by atoms with Crippen molar-refractivity contribution in [3.05, 3.63) is 71.9 Å². The lowest BCUT2D eigenvalue weighted by molar-refractivity contribution is -0.137. The van der Waals surface area contributed by atoms with E-state index in [1.54, 1.807) is 11.1 Å². The number of amides is 4. The molecule has 11 heteroatoms. The van der Waals surface area contributed by atoms with Crippen LogP contribution in [-0.4, -0.2) is 65.2 Å². The van der Waals surface area contributed by atoms with Crippen molar-refractivity contribution in [2.45, 2.75) is 48.5 Å². The van der Waals surface area contributed by atoms with E-state index in [0.717, 1.165) is 72.2 Å². The van der Waals surface area contributed by atoms with Crippen molar-refractivity contribution in [2.75, 3.05) is 31.1 Å². The monoisotopic (exact) mass is 598 g/mol. The van der Waals surface area contributed by atoms with Crippen molar-refractivity contribution in [1.29, 1.82) is 0 Å². The Morgan fingerprint density at radius 1 is 1.07 bits per heavy atom. The van der Waals surface area contributed by atoms with Gasteiger partial charge in [0.2, 0.25) is 11.8 Å². The number of carbonyl (C=O) groups excluding carboxylic acids is 3. The van der Waals surface area contributed by atoms with Crippen LogP contribution in [0.5, 0.6) is 11.5 Å². The summed E-state index contributed by atoms with van der Waals surface area (Å²) < 4.78 is 5.99. The number of hydrogen-bond donors (Lipinski definition) is 3. The van der Waals surface area contributed by atoms with E-state index in [0.29, 0.717) is 12.3 Å². The van der Waals surface area contributed by atoms with Crippen molar-refractivity contribution >= 4 is 41.0 Å². The normalized spacial score (nSPS) is 24.3. The zero-order chi connectivity index (χ0) is 29.5. The molecular formula is C32H34N6O4S. The summed E-state index contributed by atoms with van der Waals surface area (Å²) in [5.41, 5.74) is 3.18. The SMILES string of the molecule is Cc1cc(Oc2ccccc2)ccc1N1C(=O)NC2c3c1ccnc3SC2C(=O)N[C@@H]1CCCN(C(=O)[C@H]2CCNC2)C1. The van der Waals surface area contributed by atoms with Gasteiger partial charge in [0.05, 0.1) is 23.3 Å². The second kappa shape index (κ2) is 11.5. The van der Waals surface area contributed by atoms with E-state index in [2.05, 4.69) is 20.9 Å². The van der Waals surface area contributed by atoms with Gasteiger partial charge in [-0.2, -0.15) is 0 Å².